The van der Waals surface area contributed by atoms with E-state index < -0.39 is 53.9 Å². The molecular weight excluding hydrogens is 614 g/mol. The standard InChI is InChI=1S/C37H49N3O8/c1-21-11-13-26(14-12-21)15-16-39-32-27-17-22(2)18-31(47-7)33(42)24(4)19-25(5)35(48-37(38)45)30(46-6)10-8-9-23(3)36(44)40-28(34(27)43)20-29(32)41/h8-14,19-20,22,24,30-31,33,35,39,42H,15-18H2,1-7H3,(H2,38,45)(H,40,44)/b10-8-,23-9+,25-19+/t22-,24+,30+,31+,33-,35+/m1/s1. The predicted octanol–water partition coefficient (Wildman–Crippen LogP) is 3.90. The van der Waals surface area contributed by atoms with E-state index in [9.17, 15) is 24.3 Å². The number of allylic oxidation sites excluding steroid dienone is 4. The monoisotopic (exact) mass is 663 g/mol. The van der Waals surface area contributed by atoms with Crippen molar-refractivity contribution in [2.75, 3.05) is 20.8 Å². The minimum Gasteiger partial charge on any atom is -0.439 e. The Labute approximate surface area is 283 Å². The summed E-state index contributed by atoms with van der Waals surface area (Å²) in [6.45, 7) is 9.47. The number of rotatable bonds is 7. The van der Waals surface area contributed by atoms with Gasteiger partial charge in [0.2, 0.25) is 11.6 Å². The van der Waals surface area contributed by atoms with Crippen LogP contribution in [0.1, 0.15) is 51.7 Å². The summed E-state index contributed by atoms with van der Waals surface area (Å²) >= 11 is 0. The third-order valence-electron chi connectivity index (χ3n) is 8.63. The minimum absolute atomic E-state index is 0.118. The first-order valence-corrected chi connectivity index (χ1v) is 16.1. The Bertz CT molecular complexity index is 1500. The quantitative estimate of drug-likeness (QED) is 0.250. The molecule has 2 amide bonds. The molecule has 2 aliphatic rings. The fourth-order valence-electron chi connectivity index (χ4n) is 5.87. The van der Waals surface area contributed by atoms with E-state index in [-0.39, 0.29) is 34.9 Å². The number of fused-ring (bicyclic) bond motifs is 2. The number of carbonyl (C=O) groups is 4. The molecule has 0 saturated heterocycles. The average molecular weight is 664 g/mol. The van der Waals surface area contributed by atoms with Gasteiger partial charge >= 0.3 is 6.09 Å². The number of benzene rings is 1. The number of nitrogens with two attached hydrogens (primary N) is 1. The molecule has 1 aliphatic heterocycles. The van der Waals surface area contributed by atoms with Crippen LogP contribution in [0.15, 0.2) is 82.8 Å². The minimum atomic E-state index is -0.999. The number of primary amides is 1. The van der Waals surface area contributed by atoms with Gasteiger partial charge in [0.15, 0.2) is 6.10 Å². The van der Waals surface area contributed by atoms with Gasteiger partial charge in [-0.15, -0.1) is 0 Å². The maximum Gasteiger partial charge on any atom is 0.405 e. The number of hydrogen-bond acceptors (Lipinski definition) is 9. The second kappa shape index (κ2) is 17.7. The van der Waals surface area contributed by atoms with Gasteiger partial charge in [0.1, 0.15) is 6.10 Å². The van der Waals surface area contributed by atoms with Crippen LogP contribution in [-0.4, -0.2) is 73.9 Å². The van der Waals surface area contributed by atoms with E-state index in [2.05, 4.69) is 10.6 Å². The first-order valence-electron chi connectivity index (χ1n) is 16.1. The zero-order valence-electron chi connectivity index (χ0n) is 28.9. The summed E-state index contributed by atoms with van der Waals surface area (Å²) in [4.78, 5) is 52.3. The molecule has 1 aromatic carbocycles. The number of aliphatic hydroxyl groups excluding tert-OH is 1. The lowest BCUT2D eigenvalue weighted by Crippen LogP contribution is -2.38. The van der Waals surface area contributed by atoms with Crippen molar-refractivity contribution in [3.63, 3.8) is 0 Å². The molecule has 260 valence electrons. The number of carbonyl (C=O) groups excluding carboxylic acids is 4. The van der Waals surface area contributed by atoms with Crippen molar-refractivity contribution in [1.82, 2.24) is 10.6 Å². The summed E-state index contributed by atoms with van der Waals surface area (Å²) in [6.07, 6.45) is 4.49. The van der Waals surface area contributed by atoms with Crippen molar-refractivity contribution in [2.24, 2.45) is 17.6 Å². The molecule has 0 aromatic heterocycles. The molecule has 1 heterocycles. The topological polar surface area (TPSA) is 166 Å². The Morgan fingerprint density at radius 3 is 2.38 bits per heavy atom. The predicted molar refractivity (Wildman–Crippen MR) is 182 cm³/mol. The highest BCUT2D eigenvalue weighted by atomic mass is 16.6. The van der Waals surface area contributed by atoms with Crippen LogP contribution in [0.3, 0.4) is 0 Å². The highest BCUT2D eigenvalue weighted by molar-refractivity contribution is 6.23. The van der Waals surface area contributed by atoms with Crippen molar-refractivity contribution in [3.8, 4) is 0 Å². The summed E-state index contributed by atoms with van der Waals surface area (Å²) in [5, 5.41) is 17.2. The zero-order chi connectivity index (χ0) is 35.5. The summed E-state index contributed by atoms with van der Waals surface area (Å²) in [5.74, 6) is -2.10. The number of hydrogen-bond donors (Lipinski definition) is 4. The molecule has 1 aromatic rings. The van der Waals surface area contributed by atoms with Crippen molar-refractivity contribution >= 4 is 23.6 Å². The zero-order valence-corrected chi connectivity index (χ0v) is 28.9. The molecule has 0 saturated carbocycles. The Morgan fingerprint density at radius 1 is 1.06 bits per heavy atom. The normalized spacial score (nSPS) is 29.2. The van der Waals surface area contributed by atoms with E-state index in [0.29, 0.717) is 25.0 Å². The molecule has 11 heteroatoms. The van der Waals surface area contributed by atoms with Gasteiger partial charge in [0.05, 0.1) is 23.6 Å². The molecule has 0 radical (unpaired) electrons. The molecule has 0 spiro atoms. The Kier molecular flexibility index (Phi) is 14.1. The molecular formula is C37H49N3O8. The maximum absolute atomic E-state index is 13.9. The van der Waals surface area contributed by atoms with Crippen LogP contribution < -0.4 is 16.4 Å². The van der Waals surface area contributed by atoms with Gasteiger partial charge in [-0.1, -0.05) is 68.0 Å². The molecule has 48 heavy (non-hydrogen) atoms. The van der Waals surface area contributed by atoms with Gasteiger partial charge in [0.25, 0.3) is 5.91 Å². The summed E-state index contributed by atoms with van der Waals surface area (Å²) in [5.41, 5.74) is 8.79. The van der Waals surface area contributed by atoms with Gasteiger partial charge in [-0.05, 0) is 57.1 Å². The molecule has 5 N–H and O–H groups in total. The number of aryl methyl sites for hydroxylation is 1. The smallest absolute Gasteiger partial charge is 0.405 e. The largest absolute Gasteiger partial charge is 0.439 e. The number of nitrogens with one attached hydrogen (secondary N) is 2. The van der Waals surface area contributed by atoms with Crippen molar-refractivity contribution in [2.45, 2.75) is 78.3 Å². The van der Waals surface area contributed by atoms with Crippen LogP contribution in [0.4, 0.5) is 4.79 Å². The van der Waals surface area contributed by atoms with E-state index >= 15 is 0 Å². The molecule has 3 rings (SSSR count). The van der Waals surface area contributed by atoms with E-state index in [1.54, 1.807) is 32.1 Å². The highest BCUT2D eigenvalue weighted by Gasteiger charge is 2.33. The molecule has 2 bridgehead atoms. The fraction of sp³-hybridized carbons (Fsp3) is 0.459. The summed E-state index contributed by atoms with van der Waals surface area (Å²) < 4.78 is 16.7. The highest BCUT2D eigenvalue weighted by Crippen LogP contribution is 2.29. The van der Waals surface area contributed by atoms with Gasteiger partial charge in [-0.3, -0.25) is 14.4 Å². The van der Waals surface area contributed by atoms with E-state index in [4.69, 9.17) is 19.9 Å². The number of methoxy groups -OCH3 is 2. The molecule has 0 fully saturated rings. The van der Waals surface area contributed by atoms with Gasteiger partial charge < -0.3 is 35.7 Å². The Balaban J connectivity index is 2.02. The van der Waals surface area contributed by atoms with Gasteiger partial charge in [0, 0.05) is 43.9 Å². The Hall–Kier alpha value is -4.32. The summed E-state index contributed by atoms with van der Waals surface area (Å²) in [6, 6.07) is 8.09. The van der Waals surface area contributed by atoms with E-state index in [1.165, 1.54) is 20.3 Å². The second-order valence-electron chi connectivity index (χ2n) is 12.6. The van der Waals surface area contributed by atoms with Crippen LogP contribution in [-0.2, 0) is 35.0 Å². The van der Waals surface area contributed by atoms with Crippen LogP contribution in [0.2, 0.25) is 0 Å². The third-order valence-corrected chi connectivity index (χ3v) is 8.63. The van der Waals surface area contributed by atoms with Crippen molar-refractivity contribution < 1.29 is 38.5 Å². The lowest BCUT2D eigenvalue weighted by Gasteiger charge is -2.30. The second-order valence-corrected chi connectivity index (χ2v) is 12.6. The van der Waals surface area contributed by atoms with Gasteiger partial charge in [-0.25, -0.2) is 4.79 Å². The molecule has 11 nitrogen and oxygen atoms in total. The van der Waals surface area contributed by atoms with E-state index in [1.807, 2.05) is 45.0 Å². The first kappa shape index (κ1) is 38.1. The number of aliphatic hydroxyl groups is 1. The lowest BCUT2D eigenvalue weighted by molar-refractivity contribution is -0.120. The maximum atomic E-state index is 13.9. The SMILES string of the molecule is CO[C@H]1/C=C\C=C(/C)C(=O)NC2=CC(=O)C(NCCc3ccc(C)cc3)=C(C[C@@H](C)C[C@H](OC)[C@H](O)[C@@H](C)/C=C(\C)[C@@H]1OC(N)=O)C2=O. The van der Waals surface area contributed by atoms with Crippen LogP contribution in [0, 0.1) is 18.8 Å². The third kappa shape index (κ3) is 10.3. The number of ether oxygens (including phenoxy) is 3. The number of amides is 2. The fourth-order valence-corrected chi connectivity index (χ4v) is 5.87. The molecule has 1 aliphatic carbocycles. The van der Waals surface area contributed by atoms with Crippen LogP contribution in [0.5, 0.6) is 0 Å². The summed E-state index contributed by atoms with van der Waals surface area (Å²) in [7, 11) is 2.94. The lowest BCUT2D eigenvalue weighted by atomic mass is 9.85. The van der Waals surface area contributed by atoms with Gasteiger partial charge in [-0.2, -0.15) is 0 Å². The number of Topliss-reactive ketones (excluding diaryl/α,β-unsaturated/α-hetero) is 1. The first-order chi connectivity index (χ1) is 22.7. The molecule has 6 atom stereocenters. The van der Waals surface area contributed by atoms with Crippen LogP contribution in [0.25, 0.3) is 0 Å². The number of ketones is 2. The average Bonchev–Trinajstić information content (AvgIpc) is 3.04. The van der Waals surface area contributed by atoms with Crippen molar-refractivity contribution in [3.05, 3.63) is 93.9 Å². The van der Waals surface area contributed by atoms with E-state index in [0.717, 1.165) is 17.2 Å². The van der Waals surface area contributed by atoms with Crippen molar-refractivity contribution in [1.29, 1.82) is 0 Å². The molecule has 0 unspecified atom stereocenters. The Morgan fingerprint density at radius 2 is 1.75 bits per heavy atom. The van der Waals surface area contributed by atoms with Crippen LogP contribution >= 0.6 is 0 Å².